The van der Waals surface area contributed by atoms with Crippen molar-refractivity contribution >= 4 is 11.8 Å². The third-order valence-electron chi connectivity index (χ3n) is 2.63. The van der Waals surface area contributed by atoms with Crippen LogP contribution in [0.5, 0.6) is 5.75 Å². The van der Waals surface area contributed by atoms with Crippen molar-refractivity contribution in [1.82, 2.24) is 0 Å². The Labute approximate surface area is 88.3 Å². The number of methoxy groups -OCH3 is 1. The van der Waals surface area contributed by atoms with Gasteiger partial charge < -0.3 is 9.84 Å². The number of hydrogen-bond acceptors (Lipinski definition) is 3. The molecule has 1 unspecified atom stereocenters. The molecule has 0 saturated carbocycles. The van der Waals surface area contributed by atoms with Gasteiger partial charge in [-0.15, -0.1) is 0 Å². The van der Waals surface area contributed by atoms with Gasteiger partial charge in [0.05, 0.1) is 12.7 Å². The molecule has 1 aromatic carbocycles. The second-order valence-corrected chi connectivity index (χ2v) is 4.67. The molecular weight excluding hydrogens is 196 g/mol. The first kappa shape index (κ1) is 9.87. The van der Waals surface area contributed by atoms with Gasteiger partial charge in [-0.2, -0.15) is 11.8 Å². The molecule has 1 atom stereocenters. The Morgan fingerprint density at radius 3 is 2.57 bits per heavy atom. The minimum Gasteiger partial charge on any atom is -0.497 e. The Balaban J connectivity index is 2.23. The van der Waals surface area contributed by atoms with E-state index in [1.807, 2.05) is 24.3 Å². The molecule has 0 spiro atoms. The molecule has 76 valence electrons. The fraction of sp³-hybridized carbons (Fsp3) is 0.455. The van der Waals surface area contributed by atoms with E-state index in [0.717, 1.165) is 29.2 Å². The average Bonchev–Trinajstić information content (AvgIpc) is 2.67. The highest BCUT2D eigenvalue weighted by atomic mass is 32.2. The zero-order valence-electron chi connectivity index (χ0n) is 8.19. The van der Waals surface area contributed by atoms with Crippen molar-refractivity contribution < 1.29 is 9.84 Å². The summed E-state index contributed by atoms with van der Waals surface area (Å²) in [5.74, 6) is 2.69. The van der Waals surface area contributed by atoms with Crippen molar-refractivity contribution in [3.63, 3.8) is 0 Å². The predicted molar refractivity (Wildman–Crippen MR) is 58.8 cm³/mol. The highest BCUT2D eigenvalue weighted by molar-refractivity contribution is 7.99. The van der Waals surface area contributed by atoms with Crippen molar-refractivity contribution in [2.45, 2.75) is 12.0 Å². The molecule has 1 heterocycles. The van der Waals surface area contributed by atoms with Crippen LogP contribution in [0.4, 0.5) is 0 Å². The minimum absolute atomic E-state index is 0.614. The zero-order chi connectivity index (χ0) is 10.0. The second kappa shape index (κ2) is 3.83. The van der Waals surface area contributed by atoms with E-state index in [4.69, 9.17) is 4.74 Å². The van der Waals surface area contributed by atoms with Crippen molar-refractivity contribution in [2.24, 2.45) is 0 Å². The minimum atomic E-state index is -0.614. The Morgan fingerprint density at radius 1 is 1.36 bits per heavy atom. The lowest BCUT2D eigenvalue weighted by Gasteiger charge is -2.21. The number of benzene rings is 1. The summed E-state index contributed by atoms with van der Waals surface area (Å²) in [5.41, 5.74) is 0.389. The molecule has 1 saturated heterocycles. The highest BCUT2D eigenvalue weighted by Gasteiger charge is 2.33. The molecule has 0 amide bonds. The molecule has 0 bridgehead atoms. The fourth-order valence-corrected chi connectivity index (χ4v) is 2.96. The highest BCUT2D eigenvalue weighted by Crippen LogP contribution is 2.36. The van der Waals surface area contributed by atoms with Gasteiger partial charge in [0.1, 0.15) is 5.75 Å². The average molecular weight is 210 g/mol. The van der Waals surface area contributed by atoms with Crippen LogP contribution in [0, 0.1) is 0 Å². The summed E-state index contributed by atoms with van der Waals surface area (Å²) in [7, 11) is 1.65. The van der Waals surface area contributed by atoms with Gasteiger partial charge in [0.25, 0.3) is 0 Å². The van der Waals surface area contributed by atoms with Gasteiger partial charge in [0, 0.05) is 5.75 Å². The van der Waals surface area contributed by atoms with E-state index in [1.54, 1.807) is 18.9 Å². The molecule has 1 aliphatic heterocycles. The van der Waals surface area contributed by atoms with Crippen LogP contribution in [0.2, 0.25) is 0 Å². The maximum atomic E-state index is 10.3. The van der Waals surface area contributed by atoms with E-state index in [1.165, 1.54) is 0 Å². The maximum absolute atomic E-state index is 10.3. The van der Waals surface area contributed by atoms with Crippen molar-refractivity contribution in [2.75, 3.05) is 18.6 Å². The topological polar surface area (TPSA) is 29.5 Å². The Kier molecular flexibility index (Phi) is 2.70. The number of rotatable bonds is 2. The van der Waals surface area contributed by atoms with Gasteiger partial charge >= 0.3 is 0 Å². The molecule has 1 aliphatic rings. The first-order chi connectivity index (χ1) is 6.74. The van der Waals surface area contributed by atoms with Gasteiger partial charge in [0.2, 0.25) is 0 Å². The van der Waals surface area contributed by atoms with E-state index < -0.39 is 5.60 Å². The smallest absolute Gasteiger partial charge is 0.118 e. The first-order valence-corrected chi connectivity index (χ1v) is 5.85. The maximum Gasteiger partial charge on any atom is 0.118 e. The van der Waals surface area contributed by atoms with Gasteiger partial charge in [0.15, 0.2) is 0 Å². The lowest BCUT2D eigenvalue weighted by molar-refractivity contribution is 0.0657. The Bertz CT molecular complexity index is 302. The third kappa shape index (κ3) is 1.74. The van der Waals surface area contributed by atoms with Crippen molar-refractivity contribution in [1.29, 1.82) is 0 Å². The molecule has 0 aliphatic carbocycles. The lowest BCUT2D eigenvalue weighted by atomic mass is 9.93. The largest absolute Gasteiger partial charge is 0.497 e. The van der Waals surface area contributed by atoms with Gasteiger partial charge in [-0.25, -0.2) is 0 Å². The molecule has 0 radical (unpaired) electrons. The first-order valence-electron chi connectivity index (χ1n) is 4.69. The van der Waals surface area contributed by atoms with Crippen LogP contribution in [0.3, 0.4) is 0 Å². The van der Waals surface area contributed by atoms with Crippen LogP contribution in [0.1, 0.15) is 12.0 Å². The summed E-state index contributed by atoms with van der Waals surface area (Å²) in [4.78, 5) is 0. The van der Waals surface area contributed by atoms with Gasteiger partial charge in [-0.05, 0) is 29.9 Å². The quantitative estimate of drug-likeness (QED) is 0.809. The number of hydrogen-bond donors (Lipinski definition) is 1. The van der Waals surface area contributed by atoms with Gasteiger partial charge in [-0.1, -0.05) is 12.1 Å². The van der Waals surface area contributed by atoms with Crippen LogP contribution < -0.4 is 4.74 Å². The Hall–Kier alpha value is -0.670. The summed E-state index contributed by atoms with van der Waals surface area (Å²) in [5, 5.41) is 10.3. The normalized spacial score (nSPS) is 26.4. The summed E-state index contributed by atoms with van der Waals surface area (Å²) in [6, 6.07) is 7.70. The van der Waals surface area contributed by atoms with E-state index in [2.05, 4.69) is 0 Å². The number of aliphatic hydroxyl groups is 1. The molecule has 2 rings (SSSR count). The molecule has 2 nitrogen and oxygen atoms in total. The third-order valence-corrected chi connectivity index (χ3v) is 3.80. The molecule has 1 aromatic rings. The molecule has 3 heteroatoms. The van der Waals surface area contributed by atoms with E-state index in [-0.39, 0.29) is 0 Å². The zero-order valence-corrected chi connectivity index (χ0v) is 9.01. The summed E-state index contributed by atoms with van der Waals surface area (Å²) >= 11 is 1.80. The second-order valence-electron chi connectivity index (χ2n) is 3.56. The van der Waals surface area contributed by atoms with Crippen LogP contribution in [0.15, 0.2) is 24.3 Å². The van der Waals surface area contributed by atoms with Crippen LogP contribution in [0.25, 0.3) is 0 Å². The molecular formula is C11H14O2S. The Morgan fingerprint density at radius 2 is 2.07 bits per heavy atom. The monoisotopic (exact) mass is 210 g/mol. The number of thioether (sulfide) groups is 1. The number of ether oxygens (including phenoxy) is 1. The summed E-state index contributed by atoms with van der Waals surface area (Å²) < 4.78 is 5.08. The molecule has 1 N–H and O–H groups in total. The van der Waals surface area contributed by atoms with Crippen molar-refractivity contribution in [3.8, 4) is 5.75 Å². The standard InChI is InChI=1S/C11H14O2S/c1-13-10-4-2-9(3-5-10)11(12)6-7-14-8-11/h2-5,12H,6-8H2,1H3. The summed E-state index contributed by atoms with van der Waals surface area (Å²) in [6.45, 7) is 0. The van der Waals surface area contributed by atoms with Crippen LogP contribution >= 0.6 is 11.8 Å². The van der Waals surface area contributed by atoms with Crippen LogP contribution in [-0.4, -0.2) is 23.7 Å². The van der Waals surface area contributed by atoms with Gasteiger partial charge in [-0.3, -0.25) is 0 Å². The van der Waals surface area contributed by atoms with E-state index in [0.29, 0.717) is 0 Å². The summed E-state index contributed by atoms with van der Waals surface area (Å²) in [6.07, 6.45) is 0.851. The SMILES string of the molecule is COc1ccc(C2(O)CCSC2)cc1. The van der Waals surface area contributed by atoms with Crippen LogP contribution in [-0.2, 0) is 5.60 Å². The van der Waals surface area contributed by atoms with E-state index >= 15 is 0 Å². The lowest BCUT2D eigenvalue weighted by Crippen LogP contribution is -2.24. The van der Waals surface area contributed by atoms with Crippen molar-refractivity contribution in [3.05, 3.63) is 29.8 Å². The molecule has 14 heavy (non-hydrogen) atoms. The molecule has 0 aromatic heterocycles. The fourth-order valence-electron chi connectivity index (χ4n) is 1.68. The predicted octanol–water partition coefficient (Wildman–Crippen LogP) is 2.02. The molecule has 1 fully saturated rings. The van der Waals surface area contributed by atoms with E-state index in [9.17, 15) is 5.11 Å².